The summed E-state index contributed by atoms with van der Waals surface area (Å²) in [5, 5.41) is 3.83. The summed E-state index contributed by atoms with van der Waals surface area (Å²) in [6.07, 6.45) is 5.37. The molecule has 1 aliphatic heterocycles. The summed E-state index contributed by atoms with van der Waals surface area (Å²) in [7, 11) is 1.96. The lowest BCUT2D eigenvalue weighted by Crippen LogP contribution is -2.43. The highest BCUT2D eigenvalue weighted by atomic mass is 35.5. The smallest absolute Gasteiger partial charge is 0.241 e. The molecule has 1 aromatic carbocycles. The van der Waals surface area contributed by atoms with Gasteiger partial charge in [-0.2, -0.15) is 0 Å². The highest BCUT2D eigenvalue weighted by molar-refractivity contribution is 7.99. The van der Waals surface area contributed by atoms with Gasteiger partial charge in [0.1, 0.15) is 0 Å². The van der Waals surface area contributed by atoms with E-state index in [0.717, 1.165) is 28.6 Å². The number of carbonyl (C=O) groups is 1. The molecule has 3 rings (SSSR count). The van der Waals surface area contributed by atoms with Gasteiger partial charge < -0.3 is 20.4 Å². The van der Waals surface area contributed by atoms with Gasteiger partial charge in [0, 0.05) is 43.2 Å². The zero-order chi connectivity index (χ0) is 16.9. The Balaban J connectivity index is 0.00000225. The van der Waals surface area contributed by atoms with E-state index < -0.39 is 6.04 Å². The highest BCUT2D eigenvalue weighted by Gasteiger charge is 2.26. The van der Waals surface area contributed by atoms with E-state index in [2.05, 4.69) is 10.3 Å². The van der Waals surface area contributed by atoms with Gasteiger partial charge in [-0.3, -0.25) is 4.79 Å². The molecule has 1 amide bonds. The van der Waals surface area contributed by atoms with E-state index in [1.165, 1.54) is 0 Å². The second-order valence-corrected chi connectivity index (χ2v) is 6.95. The SMILES string of the molecule is Cl.Cn1ccnc1Sc1ccc(NC(=O)C(N)C2CCOCC2)cc1. The number of nitrogens with one attached hydrogen (secondary N) is 1. The first kappa shape index (κ1) is 19.8. The summed E-state index contributed by atoms with van der Waals surface area (Å²) in [4.78, 5) is 17.7. The van der Waals surface area contributed by atoms with Crippen LogP contribution in [0, 0.1) is 5.92 Å². The average molecular weight is 383 g/mol. The predicted octanol–water partition coefficient (Wildman–Crippen LogP) is 2.69. The van der Waals surface area contributed by atoms with Crippen molar-refractivity contribution in [2.45, 2.75) is 28.9 Å². The van der Waals surface area contributed by atoms with Crippen LogP contribution in [0.3, 0.4) is 0 Å². The van der Waals surface area contributed by atoms with Crippen LogP contribution < -0.4 is 11.1 Å². The van der Waals surface area contributed by atoms with Gasteiger partial charge in [0.15, 0.2) is 5.16 Å². The van der Waals surface area contributed by atoms with Gasteiger partial charge >= 0.3 is 0 Å². The minimum absolute atomic E-state index is 0. The summed E-state index contributed by atoms with van der Waals surface area (Å²) in [5.41, 5.74) is 6.85. The summed E-state index contributed by atoms with van der Waals surface area (Å²) >= 11 is 1.58. The van der Waals surface area contributed by atoms with Gasteiger partial charge in [0.2, 0.25) is 5.91 Å². The molecule has 0 spiro atoms. The van der Waals surface area contributed by atoms with Crippen LogP contribution in [0.5, 0.6) is 0 Å². The number of amides is 1. The van der Waals surface area contributed by atoms with Crippen molar-refractivity contribution >= 4 is 35.8 Å². The minimum atomic E-state index is -0.490. The maximum absolute atomic E-state index is 12.3. The Morgan fingerprint density at radius 3 is 2.64 bits per heavy atom. The zero-order valence-electron chi connectivity index (χ0n) is 14.1. The number of hydrogen-bond acceptors (Lipinski definition) is 5. The number of nitrogens with two attached hydrogens (primary N) is 1. The molecule has 8 heteroatoms. The molecule has 1 unspecified atom stereocenters. The predicted molar refractivity (Wildman–Crippen MR) is 101 cm³/mol. The Kier molecular flexibility index (Phi) is 7.31. The number of aromatic nitrogens is 2. The third-order valence-corrected chi connectivity index (χ3v) is 5.27. The monoisotopic (exact) mass is 382 g/mol. The van der Waals surface area contributed by atoms with Crippen LogP contribution in [0.25, 0.3) is 0 Å². The Bertz CT molecular complexity index is 686. The molecule has 0 aliphatic carbocycles. The number of nitrogens with zero attached hydrogens (tertiary/aromatic N) is 2. The fourth-order valence-corrected chi connectivity index (χ4v) is 3.48. The Hall–Kier alpha value is -1.54. The summed E-state index contributed by atoms with van der Waals surface area (Å²) in [5.74, 6) is 0.0587. The molecule has 0 saturated carbocycles. The molecule has 6 nitrogen and oxygen atoms in total. The molecule has 1 aliphatic rings. The van der Waals surface area contributed by atoms with Crippen LogP contribution in [0.2, 0.25) is 0 Å². The molecule has 1 fully saturated rings. The van der Waals surface area contributed by atoms with E-state index in [0.29, 0.717) is 13.2 Å². The Morgan fingerprint density at radius 2 is 2.04 bits per heavy atom. The quantitative estimate of drug-likeness (QED) is 0.830. The lowest BCUT2D eigenvalue weighted by Gasteiger charge is -2.26. The van der Waals surface area contributed by atoms with Gasteiger partial charge in [0.25, 0.3) is 0 Å². The maximum atomic E-state index is 12.3. The van der Waals surface area contributed by atoms with Crippen LogP contribution in [-0.4, -0.2) is 34.7 Å². The third-order valence-electron chi connectivity index (χ3n) is 4.18. The van der Waals surface area contributed by atoms with Crippen molar-refractivity contribution in [3.8, 4) is 0 Å². The van der Waals surface area contributed by atoms with Gasteiger partial charge in [0.05, 0.1) is 6.04 Å². The molecule has 25 heavy (non-hydrogen) atoms. The maximum Gasteiger partial charge on any atom is 0.241 e. The van der Waals surface area contributed by atoms with Gasteiger partial charge in [-0.1, -0.05) is 11.8 Å². The van der Waals surface area contributed by atoms with Gasteiger partial charge in [-0.25, -0.2) is 4.98 Å². The normalized spacial score (nSPS) is 16.1. The van der Waals surface area contributed by atoms with Gasteiger partial charge in [-0.15, -0.1) is 12.4 Å². The highest BCUT2D eigenvalue weighted by Crippen LogP contribution is 2.27. The Morgan fingerprint density at radius 1 is 1.36 bits per heavy atom. The zero-order valence-corrected chi connectivity index (χ0v) is 15.7. The standard InChI is InChI=1S/C17H22N4O2S.ClH/c1-21-9-8-19-17(21)24-14-4-2-13(3-5-14)20-16(22)15(18)12-6-10-23-11-7-12;/h2-5,8-9,12,15H,6-7,10-11,18H2,1H3,(H,20,22);1H. The number of halogens is 1. The molecule has 1 saturated heterocycles. The largest absolute Gasteiger partial charge is 0.381 e. The third kappa shape index (κ3) is 5.22. The second-order valence-electron chi connectivity index (χ2n) is 5.91. The fraction of sp³-hybridized carbons (Fsp3) is 0.412. The van der Waals surface area contributed by atoms with Crippen LogP contribution in [-0.2, 0) is 16.6 Å². The van der Waals surface area contributed by atoms with E-state index >= 15 is 0 Å². The van der Waals surface area contributed by atoms with Crippen molar-refractivity contribution in [1.82, 2.24) is 9.55 Å². The molecule has 2 aromatic rings. The number of carbonyl (C=O) groups excluding carboxylic acids is 1. The number of imidazole rings is 1. The summed E-state index contributed by atoms with van der Waals surface area (Å²) < 4.78 is 7.28. The van der Waals surface area contributed by atoms with Crippen LogP contribution in [0.1, 0.15) is 12.8 Å². The molecule has 0 bridgehead atoms. The molecule has 1 aromatic heterocycles. The minimum Gasteiger partial charge on any atom is -0.381 e. The Labute approximate surface area is 157 Å². The first-order chi connectivity index (χ1) is 11.6. The van der Waals surface area contributed by atoms with Crippen LogP contribution >= 0.6 is 24.2 Å². The topological polar surface area (TPSA) is 82.2 Å². The summed E-state index contributed by atoms with van der Waals surface area (Å²) in [6, 6.07) is 7.22. The summed E-state index contributed by atoms with van der Waals surface area (Å²) in [6.45, 7) is 1.37. The van der Waals surface area contributed by atoms with Crippen molar-refractivity contribution in [2.24, 2.45) is 18.7 Å². The first-order valence-corrected chi connectivity index (χ1v) is 8.84. The van der Waals surface area contributed by atoms with Crippen molar-refractivity contribution in [3.05, 3.63) is 36.7 Å². The second kappa shape index (κ2) is 9.24. The van der Waals surface area contributed by atoms with Gasteiger partial charge in [-0.05, 0) is 43.0 Å². The van der Waals surface area contributed by atoms with Crippen molar-refractivity contribution in [2.75, 3.05) is 18.5 Å². The number of rotatable bonds is 5. The first-order valence-electron chi connectivity index (χ1n) is 8.03. The molecule has 136 valence electrons. The van der Waals surface area contributed by atoms with E-state index in [1.807, 2.05) is 42.1 Å². The van der Waals surface area contributed by atoms with E-state index in [9.17, 15) is 4.79 Å². The van der Waals surface area contributed by atoms with E-state index in [1.54, 1.807) is 18.0 Å². The lowest BCUT2D eigenvalue weighted by atomic mass is 9.92. The van der Waals surface area contributed by atoms with Crippen molar-refractivity contribution < 1.29 is 9.53 Å². The lowest BCUT2D eigenvalue weighted by molar-refractivity contribution is -0.119. The van der Waals surface area contributed by atoms with Crippen molar-refractivity contribution in [1.29, 1.82) is 0 Å². The van der Waals surface area contributed by atoms with Crippen molar-refractivity contribution in [3.63, 3.8) is 0 Å². The fourth-order valence-electron chi connectivity index (χ4n) is 2.68. The molecule has 1 atom stereocenters. The molecular weight excluding hydrogens is 360 g/mol. The molecule has 3 N–H and O–H groups in total. The molecule has 0 radical (unpaired) electrons. The molecular formula is C17H23ClN4O2S. The average Bonchev–Trinajstić information content (AvgIpc) is 3.01. The number of aryl methyl sites for hydroxylation is 1. The van der Waals surface area contributed by atoms with Crippen LogP contribution in [0.15, 0.2) is 46.7 Å². The molecule has 2 heterocycles. The number of hydrogen-bond donors (Lipinski definition) is 2. The number of benzene rings is 1. The number of anilines is 1. The van der Waals surface area contributed by atoms with E-state index in [-0.39, 0.29) is 24.2 Å². The number of ether oxygens (including phenoxy) is 1. The van der Waals surface area contributed by atoms with E-state index in [4.69, 9.17) is 10.5 Å². The van der Waals surface area contributed by atoms with Crippen LogP contribution in [0.4, 0.5) is 5.69 Å².